The topological polar surface area (TPSA) is 43.4 Å². The van der Waals surface area contributed by atoms with Crippen molar-refractivity contribution >= 4 is 29.4 Å². The lowest BCUT2D eigenvalue weighted by Crippen LogP contribution is -2.21. The van der Waals surface area contributed by atoms with Crippen molar-refractivity contribution in [1.29, 1.82) is 0 Å². The number of nitrogens with zero attached hydrogens (tertiary/aromatic N) is 1. The molecule has 5 heteroatoms. The Hall–Kier alpha value is -1.78. The Morgan fingerprint density at radius 1 is 1.36 bits per heavy atom. The summed E-state index contributed by atoms with van der Waals surface area (Å²) >= 11 is 0. The van der Waals surface area contributed by atoms with E-state index in [1.807, 2.05) is 18.2 Å². The third-order valence-electron chi connectivity index (χ3n) is 3.83. The van der Waals surface area contributed by atoms with Gasteiger partial charge in [0.05, 0.1) is 12.6 Å². The quantitative estimate of drug-likeness (QED) is 0.937. The normalized spacial score (nSPS) is 20.5. The summed E-state index contributed by atoms with van der Waals surface area (Å²) in [6, 6.07) is 8.39. The molecule has 0 radical (unpaired) electrons. The van der Waals surface area contributed by atoms with Crippen LogP contribution in [0.15, 0.2) is 30.8 Å². The van der Waals surface area contributed by atoms with Crippen LogP contribution in [-0.2, 0) is 0 Å². The van der Waals surface area contributed by atoms with Gasteiger partial charge in [-0.3, -0.25) is 0 Å². The Balaban J connectivity index is 0.00000176. The fraction of sp³-hybridized carbons (Fsp3) is 0.353. The molecular weight excluding hydrogens is 300 g/mol. The van der Waals surface area contributed by atoms with Gasteiger partial charge < -0.3 is 14.8 Å². The lowest BCUT2D eigenvalue weighted by Gasteiger charge is -2.15. The molecule has 0 bridgehead atoms. The molecular formula is C17H21ClN2O2. The van der Waals surface area contributed by atoms with Gasteiger partial charge in [0.25, 0.3) is 0 Å². The smallest absolute Gasteiger partial charge is 0.221 e. The summed E-state index contributed by atoms with van der Waals surface area (Å²) in [6.45, 7) is 6.88. The van der Waals surface area contributed by atoms with Gasteiger partial charge in [-0.1, -0.05) is 12.7 Å². The largest absolute Gasteiger partial charge is 0.497 e. The summed E-state index contributed by atoms with van der Waals surface area (Å²) < 4.78 is 11.3. The number of rotatable bonds is 4. The molecule has 1 aliphatic rings. The van der Waals surface area contributed by atoms with Gasteiger partial charge in [0.15, 0.2) is 0 Å². The number of halogens is 1. The van der Waals surface area contributed by atoms with Crippen molar-refractivity contribution in [3.63, 3.8) is 0 Å². The molecule has 3 rings (SSSR count). The number of ether oxygens (including phenoxy) is 2. The zero-order valence-electron chi connectivity index (χ0n) is 12.8. The Kier molecular flexibility index (Phi) is 5.27. The van der Waals surface area contributed by atoms with Crippen molar-refractivity contribution in [3.8, 4) is 11.6 Å². The fourth-order valence-corrected chi connectivity index (χ4v) is 2.65. The van der Waals surface area contributed by atoms with E-state index >= 15 is 0 Å². The number of aromatic nitrogens is 1. The maximum atomic E-state index is 6.06. The Labute approximate surface area is 136 Å². The van der Waals surface area contributed by atoms with E-state index in [1.165, 1.54) is 0 Å². The molecule has 2 heterocycles. The first-order chi connectivity index (χ1) is 10.2. The van der Waals surface area contributed by atoms with Crippen LogP contribution < -0.4 is 14.8 Å². The van der Waals surface area contributed by atoms with E-state index in [1.54, 1.807) is 13.2 Å². The average molecular weight is 321 g/mol. The van der Waals surface area contributed by atoms with Crippen molar-refractivity contribution < 1.29 is 9.47 Å². The summed E-state index contributed by atoms with van der Waals surface area (Å²) in [5.74, 6) is 1.44. The number of nitrogens with one attached hydrogen (secondary N) is 1. The van der Waals surface area contributed by atoms with E-state index in [-0.39, 0.29) is 18.5 Å². The lowest BCUT2D eigenvalue weighted by molar-refractivity contribution is 0.212. The molecule has 0 spiro atoms. The predicted molar refractivity (Wildman–Crippen MR) is 92.1 cm³/mol. The highest BCUT2D eigenvalue weighted by Gasteiger charge is 2.23. The lowest BCUT2D eigenvalue weighted by atomic mass is 10.1. The molecule has 0 aliphatic carbocycles. The minimum Gasteiger partial charge on any atom is -0.497 e. The second-order valence-electron chi connectivity index (χ2n) is 5.43. The van der Waals surface area contributed by atoms with Crippen molar-refractivity contribution in [2.75, 3.05) is 13.7 Å². The molecule has 1 fully saturated rings. The molecule has 2 atom stereocenters. The van der Waals surface area contributed by atoms with Crippen molar-refractivity contribution in [1.82, 2.24) is 10.3 Å². The van der Waals surface area contributed by atoms with Crippen LogP contribution in [-0.4, -0.2) is 30.8 Å². The first-order valence-electron chi connectivity index (χ1n) is 7.21. The fourth-order valence-electron chi connectivity index (χ4n) is 2.65. The second-order valence-corrected chi connectivity index (χ2v) is 5.43. The van der Waals surface area contributed by atoms with Gasteiger partial charge in [-0.05, 0) is 25.1 Å². The van der Waals surface area contributed by atoms with E-state index in [2.05, 4.69) is 29.9 Å². The average Bonchev–Trinajstić information content (AvgIpc) is 2.91. The Bertz CT molecular complexity index is 675. The van der Waals surface area contributed by atoms with E-state index in [0.29, 0.717) is 11.9 Å². The van der Waals surface area contributed by atoms with E-state index in [4.69, 9.17) is 9.47 Å². The summed E-state index contributed by atoms with van der Waals surface area (Å²) in [5.41, 5.74) is 1.79. The van der Waals surface area contributed by atoms with Gasteiger partial charge in [-0.15, -0.1) is 12.4 Å². The maximum Gasteiger partial charge on any atom is 0.221 e. The highest BCUT2D eigenvalue weighted by molar-refractivity contribution is 5.85. The first kappa shape index (κ1) is 16.6. The van der Waals surface area contributed by atoms with Crippen LogP contribution in [0.4, 0.5) is 0 Å². The van der Waals surface area contributed by atoms with Crippen molar-refractivity contribution in [3.05, 3.63) is 36.4 Å². The van der Waals surface area contributed by atoms with Gasteiger partial charge in [0.1, 0.15) is 11.9 Å². The van der Waals surface area contributed by atoms with Crippen LogP contribution in [0.5, 0.6) is 11.6 Å². The molecule has 1 aromatic heterocycles. The van der Waals surface area contributed by atoms with Gasteiger partial charge in [-0.2, -0.15) is 0 Å². The molecule has 0 saturated carbocycles. The standard InChI is InChI=1S/C17H20N2O2.ClH/c1-4-12-8-13-5-6-14(20-3)9-16(13)19-17(12)21-15-7-11(2)18-10-15;/h4-6,8-9,11,15,18H,1,7,10H2,2-3H3;1H/t11-,15-;/m1./s1. The molecule has 1 aromatic carbocycles. The molecule has 1 N–H and O–H groups in total. The van der Waals surface area contributed by atoms with Crippen LogP contribution in [0.3, 0.4) is 0 Å². The SMILES string of the molecule is C=Cc1cc2ccc(OC)cc2nc1O[C@H]1CN[C@H](C)C1.Cl. The van der Waals surface area contributed by atoms with Crippen LogP contribution in [0.1, 0.15) is 18.9 Å². The van der Waals surface area contributed by atoms with Gasteiger partial charge >= 0.3 is 0 Å². The molecule has 4 nitrogen and oxygen atoms in total. The Morgan fingerprint density at radius 3 is 2.82 bits per heavy atom. The second kappa shape index (κ2) is 6.99. The van der Waals surface area contributed by atoms with E-state index in [9.17, 15) is 0 Å². The molecule has 0 unspecified atom stereocenters. The van der Waals surface area contributed by atoms with E-state index in [0.717, 1.165) is 35.2 Å². The third-order valence-corrected chi connectivity index (χ3v) is 3.83. The summed E-state index contributed by atoms with van der Waals surface area (Å²) in [5, 5.41) is 4.44. The van der Waals surface area contributed by atoms with Crippen molar-refractivity contribution in [2.24, 2.45) is 0 Å². The molecule has 2 aromatic rings. The maximum absolute atomic E-state index is 6.06. The number of pyridine rings is 1. The molecule has 1 saturated heterocycles. The van der Waals surface area contributed by atoms with Crippen LogP contribution in [0, 0.1) is 0 Å². The first-order valence-corrected chi connectivity index (χ1v) is 7.21. The molecule has 1 aliphatic heterocycles. The summed E-state index contributed by atoms with van der Waals surface area (Å²) in [4.78, 5) is 4.64. The van der Waals surface area contributed by atoms with Crippen molar-refractivity contribution in [2.45, 2.75) is 25.5 Å². The van der Waals surface area contributed by atoms with Crippen LogP contribution in [0.25, 0.3) is 17.0 Å². The molecule has 0 amide bonds. The number of hydrogen-bond acceptors (Lipinski definition) is 4. The third kappa shape index (κ3) is 3.34. The molecule has 22 heavy (non-hydrogen) atoms. The van der Waals surface area contributed by atoms with Gasteiger partial charge in [0, 0.05) is 36.0 Å². The minimum atomic E-state index is 0. The monoisotopic (exact) mass is 320 g/mol. The summed E-state index contributed by atoms with van der Waals surface area (Å²) in [7, 11) is 1.66. The van der Waals surface area contributed by atoms with Crippen LogP contribution in [0.2, 0.25) is 0 Å². The number of methoxy groups -OCH3 is 1. The minimum absolute atomic E-state index is 0. The van der Waals surface area contributed by atoms with Crippen LogP contribution >= 0.6 is 12.4 Å². The predicted octanol–water partition coefficient (Wildman–Crippen LogP) is 3.44. The number of benzene rings is 1. The molecule has 118 valence electrons. The van der Waals surface area contributed by atoms with Gasteiger partial charge in [-0.25, -0.2) is 4.98 Å². The zero-order chi connectivity index (χ0) is 14.8. The van der Waals surface area contributed by atoms with Gasteiger partial charge in [0.2, 0.25) is 5.88 Å². The van der Waals surface area contributed by atoms with E-state index < -0.39 is 0 Å². The summed E-state index contributed by atoms with van der Waals surface area (Å²) in [6.07, 6.45) is 2.95. The highest BCUT2D eigenvalue weighted by atomic mass is 35.5. The number of hydrogen-bond donors (Lipinski definition) is 1. The number of fused-ring (bicyclic) bond motifs is 1. The zero-order valence-corrected chi connectivity index (χ0v) is 13.7. The highest BCUT2D eigenvalue weighted by Crippen LogP contribution is 2.27. The Morgan fingerprint density at radius 2 is 2.18 bits per heavy atom.